The van der Waals surface area contributed by atoms with Crippen molar-refractivity contribution in [3.05, 3.63) is 215 Å². The van der Waals surface area contributed by atoms with Gasteiger partial charge in [0, 0.05) is 35.7 Å². The molecule has 4 unspecified atom stereocenters. The molecule has 324 valence electrons. The number of aryl methyl sites for hydroxylation is 1. The first-order valence-corrected chi connectivity index (χ1v) is 22.9. The zero-order valence-electron chi connectivity index (χ0n) is 37.4. The van der Waals surface area contributed by atoms with Gasteiger partial charge in [-0.3, -0.25) is 0 Å². The Bertz CT molecular complexity index is 2750. The number of rotatable bonds is 8. The quantitative estimate of drug-likeness (QED) is 0.152. The summed E-state index contributed by atoms with van der Waals surface area (Å²) in [5.74, 6) is 4.13. The molecular weight excluding hydrogens is 793 g/mol. The maximum atomic E-state index is 8.29. The Labute approximate surface area is 377 Å². The zero-order chi connectivity index (χ0) is 44.0. The summed E-state index contributed by atoms with van der Waals surface area (Å²) in [6.07, 6.45) is 3.12. The van der Waals surface area contributed by atoms with E-state index in [1.165, 1.54) is 0 Å². The van der Waals surface area contributed by atoms with Gasteiger partial charge in [0.15, 0.2) is 11.2 Å². The molecule has 10 bridgehead atoms. The molecule has 7 aromatic rings. The Morgan fingerprint density at radius 2 is 0.750 bits per heavy atom. The summed E-state index contributed by atoms with van der Waals surface area (Å²) in [6, 6.07) is 61.0. The minimum atomic E-state index is -1.55. The van der Waals surface area contributed by atoms with E-state index < -0.39 is 28.0 Å². The smallest absolute Gasteiger partial charge is 0.225 e. The third-order valence-corrected chi connectivity index (χ3v) is 14.1. The van der Waals surface area contributed by atoms with Crippen molar-refractivity contribution in [3.8, 4) is 34.5 Å². The molecule has 0 spiro atoms. The molecule has 3 aliphatic heterocycles. The summed E-state index contributed by atoms with van der Waals surface area (Å²) in [4.78, 5) is 0. The largest absolute Gasteiger partial charge is 0.489 e. The Morgan fingerprint density at radius 1 is 0.375 bits per heavy atom. The van der Waals surface area contributed by atoms with E-state index in [4.69, 9.17) is 28.4 Å². The summed E-state index contributed by atoms with van der Waals surface area (Å²) in [6.45, 7) is 11.1. The van der Waals surface area contributed by atoms with Gasteiger partial charge in [0.05, 0.1) is 0 Å². The summed E-state index contributed by atoms with van der Waals surface area (Å²) < 4.78 is 46.2. The summed E-state index contributed by atoms with van der Waals surface area (Å²) >= 11 is 0. The fourth-order valence-corrected chi connectivity index (χ4v) is 11.1. The van der Waals surface area contributed by atoms with Crippen LogP contribution in [0, 0.1) is 6.92 Å². The Kier molecular flexibility index (Phi) is 10.4. The molecule has 0 radical (unpaired) electrons. The van der Waals surface area contributed by atoms with Gasteiger partial charge in [-0.25, -0.2) is 0 Å². The van der Waals surface area contributed by atoms with Crippen LogP contribution < -0.4 is 28.4 Å². The lowest BCUT2D eigenvalue weighted by atomic mass is 9.53. The zero-order valence-corrected chi connectivity index (χ0v) is 37.4. The summed E-state index contributed by atoms with van der Waals surface area (Å²) in [5, 5.41) is 0. The number of hydrogen-bond acceptors (Lipinski definition) is 6. The fourth-order valence-electron chi connectivity index (χ4n) is 11.1. The van der Waals surface area contributed by atoms with Crippen LogP contribution in [0.4, 0.5) is 0 Å². The second kappa shape index (κ2) is 16.2. The van der Waals surface area contributed by atoms with Gasteiger partial charge in [-0.05, 0) is 96.8 Å². The van der Waals surface area contributed by atoms with Gasteiger partial charge in [-0.15, -0.1) is 0 Å². The second-order valence-electron chi connectivity index (χ2n) is 17.7. The van der Waals surface area contributed by atoms with E-state index in [-0.39, 0.29) is 6.61 Å². The topological polar surface area (TPSA) is 55.4 Å². The normalized spacial score (nSPS) is 24.0. The Balaban J connectivity index is 1.40. The number of hydrogen-bond donors (Lipinski definition) is 0. The third-order valence-electron chi connectivity index (χ3n) is 14.1. The molecule has 6 nitrogen and oxygen atoms in total. The van der Waals surface area contributed by atoms with Gasteiger partial charge in [-0.2, -0.15) is 0 Å². The van der Waals surface area contributed by atoms with Crippen molar-refractivity contribution in [3.63, 3.8) is 0 Å². The lowest BCUT2D eigenvalue weighted by Crippen LogP contribution is -2.75. The second-order valence-corrected chi connectivity index (χ2v) is 17.7. The first kappa shape index (κ1) is 41.4. The highest BCUT2D eigenvalue weighted by molar-refractivity contribution is 5.55. The van der Waals surface area contributed by atoms with Gasteiger partial charge >= 0.3 is 0 Å². The van der Waals surface area contributed by atoms with Crippen molar-refractivity contribution < 1.29 is 28.4 Å². The highest BCUT2D eigenvalue weighted by atomic mass is 16.6. The molecule has 0 saturated heterocycles. The van der Waals surface area contributed by atoms with Crippen LogP contribution in [0.25, 0.3) is 0 Å². The third kappa shape index (κ3) is 6.44. The van der Waals surface area contributed by atoms with E-state index >= 15 is 0 Å². The SMILES string of the molecule is CCC1(CC)Cc2cc3cc(c2)OC(c2ccccc2)(C(CC)(c2ccccc2)O3)C2(c3ccccc3)Oc3cc(cc(c3)OC2(CC)c2ccccc2)COc2cc(C)cc(c2)O1. The van der Waals surface area contributed by atoms with Gasteiger partial charge in [0.25, 0.3) is 0 Å². The van der Waals surface area contributed by atoms with Crippen LogP contribution >= 0.6 is 0 Å². The van der Waals surface area contributed by atoms with E-state index in [1.807, 2.05) is 12.1 Å². The van der Waals surface area contributed by atoms with Crippen molar-refractivity contribution in [1.29, 1.82) is 0 Å². The average Bonchev–Trinajstić information content (AvgIpc) is 3.51. The maximum absolute atomic E-state index is 8.29. The molecule has 0 fully saturated rings. The molecule has 7 aromatic carbocycles. The number of benzene rings is 7. The van der Waals surface area contributed by atoms with Crippen LogP contribution in [-0.2, 0) is 35.4 Å². The highest BCUT2D eigenvalue weighted by Gasteiger charge is 2.79. The van der Waals surface area contributed by atoms with Crippen molar-refractivity contribution >= 4 is 0 Å². The van der Waals surface area contributed by atoms with Crippen LogP contribution in [-0.4, -0.2) is 5.60 Å². The molecular formula is C58H56O6. The maximum Gasteiger partial charge on any atom is 0.225 e. The first-order valence-electron chi connectivity index (χ1n) is 22.9. The molecule has 10 rings (SSSR count). The van der Waals surface area contributed by atoms with Gasteiger partial charge < -0.3 is 28.4 Å². The average molecular weight is 849 g/mol. The van der Waals surface area contributed by atoms with Gasteiger partial charge in [0.2, 0.25) is 11.2 Å². The van der Waals surface area contributed by atoms with Crippen LogP contribution in [0.3, 0.4) is 0 Å². The number of fused-ring (bicyclic) bond motifs is 9. The van der Waals surface area contributed by atoms with Gasteiger partial charge in [0.1, 0.15) is 46.7 Å². The van der Waals surface area contributed by atoms with Crippen LogP contribution in [0.15, 0.2) is 176 Å². The van der Waals surface area contributed by atoms with E-state index in [9.17, 15) is 0 Å². The lowest BCUT2D eigenvalue weighted by Gasteiger charge is -2.62. The standard InChI is InChI=1S/C58H56O6/c1-6-54(7-2)39-42-32-50-37-52(33-42)63-57(46-26-18-12-19-27-46,55(8-3,61-50)44-22-14-10-15-23-44)58(47-28-20-13-21-29-47)56(9-4,45-24-16-11-17-25-45)62-51-34-43(35-53(38-51)64-58)40-59-48-30-41(5)31-49(36-48)60-54/h10-38H,6-9,39-40H2,1-5H3. The monoisotopic (exact) mass is 848 g/mol. The molecule has 3 heterocycles. The van der Waals surface area contributed by atoms with E-state index in [1.54, 1.807) is 0 Å². The molecule has 6 heteroatoms. The fraction of sp³-hybridized carbons (Fsp3) is 0.276. The molecule has 0 saturated carbocycles. The van der Waals surface area contributed by atoms with E-state index in [0.717, 1.165) is 63.3 Å². The van der Waals surface area contributed by atoms with Crippen LogP contribution in [0.1, 0.15) is 92.3 Å². The van der Waals surface area contributed by atoms with Crippen LogP contribution in [0.5, 0.6) is 34.5 Å². The molecule has 0 aliphatic carbocycles. The number of ether oxygens (including phenoxy) is 6. The summed E-state index contributed by atoms with van der Waals surface area (Å²) in [7, 11) is 0. The van der Waals surface area contributed by atoms with Crippen molar-refractivity contribution in [2.75, 3.05) is 0 Å². The van der Waals surface area contributed by atoms with E-state index in [2.05, 4.69) is 198 Å². The minimum absolute atomic E-state index is 0.269. The van der Waals surface area contributed by atoms with Crippen molar-refractivity contribution in [2.45, 2.75) is 101 Å². The predicted molar refractivity (Wildman–Crippen MR) is 252 cm³/mol. The molecule has 0 aromatic heterocycles. The first-order chi connectivity index (χ1) is 31.2. The Morgan fingerprint density at radius 3 is 1.19 bits per heavy atom. The minimum Gasteiger partial charge on any atom is -0.489 e. The Hall–Kier alpha value is -6.66. The predicted octanol–water partition coefficient (Wildman–Crippen LogP) is 13.7. The molecule has 3 aliphatic rings. The highest BCUT2D eigenvalue weighted by Crippen LogP contribution is 2.68. The molecule has 4 atom stereocenters. The molecule has 64 heavy (non-hydrogen) atoms. The summed E-state index contributed by atoms with van der Waals surface area (Å²) in [5.41, 5.74) is 0.386. The van der Waals surface area contributed by atoms with Crippen molar-refractivity contribution in [1.82, 2.24) is 0 Å². The van der Waals surface area contributed by atoms with E-state index in [0.29, 0.717) is 42.3 Å². The molecule has 0 N–H and O–H groups in total. The lowest BCUT2D eigenvalue weighted by molar-refractivity contribution is -0.286. The van der Waals surface area contributed by atoms with Crippen LogP contribution in [0.2, 0.25) is 0 Å². The molecule has 0 amide bonds. The van der Waals surface area contributed by atoms with Gasteiger partial charge in [-0.1, -0.05) is 149 Å². The van der Waals surface area contributed by atoms with Crippen molar-refractivity contribution in [2.24, 2.45) is 0 Å².